The molecule has 2 unspecified atom stereocenters. The monoisotopic (exact) mass is 424 g/mol. The fraction of sp³-hybridized carbons (Fsp3) is 0.350. The lowest BCUT2D eigenvalue weighted by Crippen LogP contribution is -2.37. The molecule has 0 saturated heterocycles. The van der Waals surface area contributed by atoms with Crippen LogP contribution in [0.2, 0.25) is 0 Å². The van der Waals surface area contributed by atoms with Crippen molar-refractivity contribution in [3.63, 3.8) is 0 Å². The average molecular weight is 424 g/mol. The Kier molecular flexibility index (Phi) is 7.72. The third-order valence-corrected chi connectivity index (χ3v) is 5.40. The molecule has 7 nitrogen and oxygen atoms in total. The van der Waals surface area contributed by atoms with E-state index in [0.717, 1.165) is 11.3 Å². The molecule has 1 aromatic heterocycles. The zero-order valence-corrected chi connectivity index (χ0v) is 17.0. The first kappa shape index (κ1) is 22.4. The number of hydrogen-bond donors (Lipinski definition) is 0. The highest BCUT2D eigenvalue weighted by molar-refractivity contribution is 7.20. The molecular formula is C20H21FO7S. The fourth-order valence-electron chi connectivity index (χ4n) is 2.94. The van der Waals surface area contributed by atoms with Crippen molar-refractivity contribution in [1.82, 2.24) is 0 Å². The van der Waals surface area contributed by atoms with Gasteiger partial charge in [0.15, 0.2) is 17.3 Å². The molecule has 2 aromatic rings. The number of halogens is 1. The summed E-state index contributed by atoms with van der Waals surface area (Å²) in [6, 6.07) is 4.90. The number of thiophene rings is 1. The molecule has 0 saturated carbocycles. The Hall–Kier alpha value is -2.94. The molecule has 2 atom stereocenters. The van der Waals surface area contributed by atoms with E-state index in [1.165, 1.54) is 20.3 Å². The first-order valence-electron chi connectivity index (χ1n) is 8.71. The molecule has 0 N–H and O–H groups in total. The van der Waals surface area contributed by atoms with Crippen molar-refractivity contribution in [2.45, 2.75) is 13.3 Å². The minimum Gasteiger partial charge on any atom is -0.493 e. The number of hydrogen-bond acceptors (Lipinski definition) is 8. The molecule has 0 radical (unpaired) electrons. The number of ether oxygens (including phenoxy) is 3. The normalized spacial score (nSPS) is 12.7. The molecule has 0 bridgehead atoms. The van der Waals surface area contributed by atoms with Crippen molar-refractivity contribution >= 4 is 39.1 Å². The lowest BCUT2D eigenvalue weighted by atomic mass is 9.85. The molecule has 0 aliphatic carbocycles. The van der Waals surface area contributed by atoms with E-state index in [0.29, 0.717) is 21.6 Å². The maximum Gasteiger partial charge on any atom is 0.360 e. The van der Waals surface area contributed by atoms with Crippen molar-refractivity contribution in [3.8, 4) is 11.5 Å². The highest BCUT2D eigenvalue weighted by Gasteiger charge is 2.42. The van der Waals surface area contributed by atoms with E-state index in [-0.39, 0.29) is 17.9 Å². The van der Waals surface area contributed by atoms with Gasteiger partial charge in [-0.15, -0.1) is 17.9 Å². The van der Waals surface area contributed by atoms with Crippen molar-refractivity contribution in [3.05, 3.63) is 35.7 Å². The summed E-state index contributed by atoms with van der Waals surface area (Å²) >= 11 is 1.08. The minimum atomic E-state index is -1.70. The topological polar surface area (TPSA) is 88.1 Å². The second-order valence-electron chi connectivity index (χ2n) is 5.98. The van der Waals surface area contributed by atoms with Gasteiger partial charge >= 0.3 is 11.9 Å². The van der Waals surface area contributed by atoms with Crippen LogP contribution in [-0.2, 0) is 19.3 Å². The van der Waals surface area contributed by atoms with Gasteiger partial charge in [0, 0.05) is 15.3 Å². The molecule has 156 valence electrons. The number of methoxy groups -OCH3 is 2. The van der Waals surface area contributed by atoms with Crippen LogP contribution in [0.1, 0.15) is 23.0 Å². The van der Waals surface area contributed by atoms with Crippen molar-refractivity contribution in [2.75, 3.05) is 20.8 Å². The molecule has 0 fully saturated rings. The second kappa shape index (κ2) is 10.0. The van der Waals surface area contributed by atoms with Crippen LogP contribution in [0.15, 0.2) is 30.9 Å². The van der Waals surface area contributed by atoms with E-state index in [9.17, 15) is 18.9 Å². The Morgan fingerprint density at radius 2 is 1.79 bits per heavy atom. The number of rotatable bonds is 10. The van der Waals surface area contributed by atoms with E-state index in [2.05, 4.69) is 11.5 Å². The quantitative estimate of drug-likeness (QED) is 0.247. The zero-order chi connectivity index (χ0) is 21.6. The van der Waals surface area contributed by atoms with E-state index in [4.69, 9.17) is 14.2 Å². The number of benzene rings is 1. The number of esters is 1. The average Bonchev–Trinajstić information content (AvgIpc) is 3.14. The summed E-state index contributed by atoms with van der Waals surface area (Å²) in [5.41, 5.74) is 0. The molecule has 1 aromatic carbocycles. The van der Waals surface area contributed by atoms with E-state index in [1.54, 1.807) is 25.1 Å². The van der Waals surface area contributed by atoms with Crippen LogP contribution >= 0.6 is 11.3 Å². The van der Waals surface area contributed by atoms with Gasteiger partial charge in [0.1, 0.15) is 5.92 Å². The molecule has 9 heteroatoms. The Labute approximate surface area is 170 Å². The van der Waals surface area contributed by atoms with Crippen LogP contribution in [0.5, 0.6) is 11.5 Å². The Morgan fingerprint density at radius 3 is 2.34 bits per heavy atom. The number of ketones is 1. The van der Waals surface area contributed by atoms with Gasteiger partial charge in [-0.2, -0.15) is 0 Å². The second-order valence-corrected chi connectivity index (χ2v) is 7.06. The first-order chi connectivity index (χ1) is 13.9. The summed E-state index contributed by atoms with van der Waals surface area (Å²) < 4.78 is 28.9. The lowest BCUT2D eigenvalue weighted by Gasteiger charge is -2.20. The molecule has 0 amide bonds. The molecule has 0 aliphatic rings. The molecule has 0 spiro atoms. The van der Waals surface area contributed by atoms with Gasteiger partial charge in [-0.05, 0) is 30.9 Å². The summed E-state index contributed by atoms with van der Waals surface area (Å²) in [7, 11) is 2.96. The predicted octanol–water partition coefficient (Wildman–Crippen LogP) is 3.90. The molecule has 1 heterocycles. The highest BCUT2D eigenvalue weighted by Crippen LogP contribution is 2.38. The van der Waals surface area contributed by atoms with Crippen LogP contribution in [0.25, 0.3) is 10.1 Å². The molecule has 29 heavy (non-hydrogen) atoms. The third-order valence-electron chi connectivity index (χ3n) is 4.29. The van der Waals surface area contributed by atoms with Gasteiger partial charge in [0.05, 0.1) is 31.6 Å². The maximum absolute atomic E-state index is 13.1. The highest BCUT2D eigenvalue weighted by atomic mass is 32.1. The van der Waals surface area contributed by atoms with Crippen molar-refractivity contribution < 1.29 is 38.1 Å². The van der Waals surface area contributed by atoms with Gasteiger partial charge in [-0.1, -0.05) is 6.08 Å². The van der Waals surface area contributed by atoms with E-state index >= 15 is 0 Å². The van der Waals surface area contributed by atoms with E-state index in [1.807, 2.05) is 0 Å². The van der Waals surface area contributed by atoms with Crippen LogP contribution in [-0.4, -0.2) is 38.5 Å². The Morgan fingerprint density at radius 1 is 1.14 bits per heavy atom. The number of Topliss-reactive ketones (excluding diaryl/α,β-unsaturated/α-hetero) is 1. The van der Waals surface area contributed by atoms with Crippen molar-refractivity contribution in [2.24, 2.45) is 11.8 Å². The molecule has 0 aliphatic heterocycles. The fourth-order valence-corrected chi connectivity index (χ4v) is 3.99. The summed E-state index contributed by atoms with van der Waals surface area (Å²) in [4.78, 5) is 40.9. The predicted molar refractivity (Wildman–Crippen MR) is 105 cm³/mol. The summed E-state index contributed by atoms with van der Waals surface area (Å²) in [5, 5.41) is 0.666. The van der Waals surface area contributed by atoms with Crippen LogP contribution < -0.4 is 9.47 Å². The summed E-state index contributed by atoms with van der Waals surface area (Å²) in [6.45, 7) is 5.15. The zero-order valence-electron chi connectivity index (χ0n) is 16.2. The van der Waals surface area contributed by atoms with Crippen LogP contribution in [0, 0.1) is 11.8 Å². The summed E-state index contributed by atoms with van der Waals surface area (Å²) in [5.74, 6) is -5.02. The largest absolute Gasteiger partial charge is 0.493 e. The smallest absolute Gasteiger partial charge is 0.360 e. The van der Waals surface area contributed by atoms with Crippen LogP contribution in [0.3, 0.4) is 0 Å². The van der Waals surface area contributed by atoms with Crippen molar-refractivity contribution in [1.29, 1.82) is 0 Å². The SMILES string of the molecule is C=CCC(C(=O)OCC)C(C(=O)OF)C(=O)c1cc2cc(OC)c(OC)cc2s1. The van der Waals surface area contributed by atoms with Gasteiger partial charge < -0.3 is 14.2 Å². The number of carbonyl (C=O) groups is 3. The number of fused-ring (bicyclic) bond motifs is 1. The van der Waals surface area contributed by atoms with Gasteiger partial charge in [-0.25, -0.2) is 4.79 Å². The number of carbonyl (C=O) groups excluding carboxylic acids is 3. The lowest BCUT2D eigenvalue weighted by molar-refractivity contribution is -0.190. The maximum atomic E-state index is 13.1. The van der Waals surface area contributed by atoms with E-state index < -0.39 is 29.6 Å². The van der Waals surface area contributed by atoms with Gasteiger partial charge in [-0.3, -0.25) is 14.5 Å². The summed E-state index contributed by atoms with van der Waals surface area (Å²) in [6.07, 6.45) is 1.30. The number of allylic oxidation sites excluding steroid dienone is 1. The van der Waals surface area contributed by atoms with Gasteiger partial charge in [0.2, 0.25) is 0 Å². The van der Waals surface area contributed by atoms with Crippen LogP contribution in [0.4, 0.5) is 4.53 Å². The molecule has 2 rings (SSSR count). The Balaban J connectivity index is 2.51. The minimum absolute atomic E-state index is 0.0422. The van der Waals surface area contributed by atoms with Gasteiger partial charge in [0.25, 0.3) is 0 Å². The third kappa shape index (κ3) is 4.73. The Bertz CT molecular complexity index is 880. The standard InChI is InChI=1S/C20H21FO7S/c1-5-7-12(19(23)27-6-2)17(20(24)28-21)18(22)16-9-11-8-13(25-3)14(26-4)10-15(11)29-16/h5,8-10,12,17H,1,6-7H2,2-4H3. The first-order valence-corrected chi connectivity index (χ1v) is 9.53. The molecular weight excluding hydrogens is 403 g/mol.